The maximum absolute atomic E-state index is 15.2. The van der Waals surface area contributed by atoms with Crippen LogP contribution in [0, 0.1) is 5.82 Å². The fraction of sp³-hybridized carbons (Fsp3) is 0.636. The van der Waals surface area contributed by atoms with E-state index >= 15 is 4.39 Å². The Balaban J connectivity index is 1.37. The van der Waals surface area contributed by atoms with E-state index in [1.807, 2.05) is 0 Å². The number of aromatic nitrogens is 2. The lowest BCUT2D eigenvalue weighted by molar-refractivity contribution is -0.0743. The number of alkyl halides is 1. The SMILES string of the molecule is Fc1c(Br)c(Cl)cc2c(N3CCNC4(COC4)C3)nc(OC[C@@]34CCCN3C[C@H](F)C4)nc12. The van der Waals surface area contributed by atoms with Gasteiger partial charge in [-0.2, -0.15) is 9.97 Å². The van der Waals surface area contributed by atoms with Gasteiger partial charge >= 0.3 is 6.01 Å². The molecule has 0 radical (unpaired) electrons. The topological polar surface area (TPSA) is 62.8 Å². The minimum atomic E-state index is -0.848. The molecule has 0 aliphatic carbocycles. The minimum absolute atomic E-state index is 0.103. The summed E-state index contributed by atoms with van der Waals surface area (Å²) < 4.78 is 41.1. The summed E-state index contributed by atoms with van der Waals surface area (Å²) >= 11 is 9.52. The average molecular weight is 545 g/mol. The molecule has 7 nitrogen and oxygen atoms in total. The van der Waals surface area contributed by atoms with Gasteiger partial charge in [-0.15, -0.1) is 0 Å². The summed E-state index contributed by atoms with van der Waals surface area (Å²) in [6, 6.07) is 1.80. The molecule has 0 unspecified atom stereocenters. The Bertz CT molecular complexity index is 1110. The van der Waals surface area contributed by atoms with Crippen molar-refractivity contribution in [3.8, 4) is 6.01 Å². The number of rotatable bonds is 4. The van der Waals surface area contributed by atoms with Gasteiger partial charge in [0.25, 0.3) is 0 Å². The van der Waals surface area contributed by atoms with Crippen molar-refractivity contribution in [3.05, 3.63) is 21.4 Å². The summed E-state index contributed by atoms with van der Waals surface area (Å²) in [5, 5.41) is 4.32. The van der Waals surface area contributed by atoms with Crippen molar-refractivity contribution in [2.45, 2.75) is 36.5 Å². The zero-order chi connectivity index (χ0) is 22.8. The van der Waals surface area contributed by atoms with Gasteiger partial charge in [0.1, 0.15) is 24.1 Å². The second-order valence-corrected chi connectivity index (χ2v) is 10.9. The van der Waals surface area contributed by atoms with Gasteiger partial charge in [0.2, 0.25) is 0 Å². The van der Waals surface area contributed by atoms with Crippen molar-refractivity contribution in [2.24, 2.45) is 0 Å². The number of anilines is 1. The highest BCUT2D eigenvalue weighted by Gasteiger charge is 2.49. The first-order chi connectivity index (χ1) is 15.9. The number of halogens is 4. The van der Waals surface area contributed by atoms with E-state index in [0.717, 1.165) is 25.9 Å². The van der Waals surface area contributed by atoms with Crippen molar-refractivity contribution < 1.29 is 18.3 Å². The third-order valence-electron chi connectivity index (χ3n) is 7.45. The second-order valence-electron chi connectivity index (χ2n) is 9.70. The maximum Gasteiger partial charge on any atom is 0.319 e. The summed E-state index contributed by atoms with van der Waals surface area (Å²) in [6.45, 7) is 4.98. The third kappa shape index (κ3) is 3.69. The van der Waals surface area contributed by atoms with Gasteiger partial charge in [0.15, 0.2) is 5.82 Å². The molecule has 5 heterocycles. The molecule has 11 heteroatoms. The molecule has 0 saturated carbocycles. The van der Waals surface area contributed by atoms with Gasteiger partial charge in [-0.05, 0) is 41.4 Å². The molecule has 0 bridgehead atoms. The predicted molar refractivity (Wildman–Crippen MR) is 125 cm³/mol. The number of hydrogen-bond donors (Lipinski definition) is 1. The van der Waals surface area contributed by atoms with Crippen molar-refractivity contribution >= 4 is 44.3 Å². The lowest BCUT2D eigenvalue weighted by Gasteiger charge is -2.49. The molecular weight excluding hydrogens is 520 g/mol. The Morgan fingerprint density at radius 1 is 1.33 bits per heavy atom. The number of nitrogens with zero attached hydrogens (tertiary/aromatic N) is 4. The Labute approximate surface area is 203 Å². The lowest BCUT2D eigenvalue weighted by Crippen LogP contribution is -2.70. The lowest BCUT2D eigenvalue weighted by atomic mass is 9.94. The Morgan fingerprint density at radius 3 is 2.97 bits per heavy atom. The van der Waals surface area contributed by atoms with Crippen molar-refractivity contribution in [1.29, 1.82) is 0 Å². The molecule has 2 aromatic rings. The molecule has 4 fully saturated rings. The van der Waals surface area contributed by atoms with E-state index in [1.165, 1.54) is 0 Å². The van der Waals surface area contributed by atoms with Gasteiger partial charge in [-0.1, -0.05) is 11.6 Å². The molecule has 0 amide bonds. The van der Waals surface area contributed by atoms with E-state index in [2.05, 4.69) is 36.0 Å². The molecule has 1 N–H and O–H groups in total. The first-order valence-electron chi connectivity index (χ1n) is 11.3. The van der Waals surface area contributed by atoms with Crippen LogP contribution in [0.3, 0.4) is 0 Å². The number of fused-ring (bicyclic) bond motifs is 2. The van der Waals surface area contributed by atoms with Gasteiger partial charge in [0, 0.05) is 38.0 Å². The van der Waals surface area contributed by atoms with Crippen molar-refractivity contribution in [2.75, 3.05) is 57.4 Å². The number of benzene rings is 1. The number of nitrogens with one attached hydrogen (secondary N) is 1. The summed E-state index contributed by atoms with van der Waals surface area (Å²) in [7, 11) is 0. The van der Waals surface area contributed by atoms with E-state index in [-0.39, 0.29) is 38.7 Å². The van der Waals surface area contributed by atoms with E-state index in [9.17, 15) is 4.39 Å². The fourth-order valence-corrected chi connectivity index (χ4v) is 6.26. The second kappa shape index (κ2) is 8.12. The van der Waals surface area contributed by atoms with Gasteiger partial charge in [-0.3, -0.25) is 4.90 Å². The molecule has 6 rings (SSSR count). The van der Waals surface area contributed by atoms with Gasteiger partial charge < -0.3 is 19.7 Å². The highest BCUT2D eigenvalue weighted by Crippen LogP contribution is 2.41. The van der Waals surface area contributed by atoms with Crippen LogP contribution < -0.4 is 15.0 Å². The molecule has 4 saturated heterocycles. The summed E-state index contributed by atoms with van der Waals surface area (Å²) in [5.41, 5.74) is -0.309. The van der Waals surface area contributed by atoms with Crippen LogP contribution in [-0.2, 0) is 4.74 Å². The molecule has 4 aliphatic rings. The first kappa shape index (κ1) is 22.2. The van der Waals surface area contributed by atoms with Crippen LogP contribution in [0.25, 0.3) is 10.9 Å². The monoisotopic (exact) mass is 543 g/mol. The Kier molecular flexibility index (Phi) is 5.45. The molecular formula is C22H25BrClF2N5O2. The molecule has 4 aliphatic heterocycles. The smallest absolute Gasteiger partial charge is 0.319 e. The average Bonchev–Trinajstić information content (AvgIpc) is 3.31. The van der Waals surface area contributed by atoms with Crippen LogP contribution in [0.15, 0.2) is 10.5 Å². The van der Waals surface area contributed by atoms with Crippen LogP contribution in [0.1, 0.15) is 19.3 Å². The van der Waals surface area contributed by atoms with E-state index in [0.29, 0.717) is 50.5 Å². The normalized spacial score (nSPS) is 29.0. The van der Waals surface area contributed by atoms with E-state index in [1.54, 1.807) is 6.07 Å². The first-order valence-corrected chi connectivity index (χ1v) is 12.5. The highest BCUT2D eigenvalue weighted by atomic mass is 79.9. The fourth-order valence-electron chi connectivity index (χ4n) is 5.77. The quantitative estimate of drug-likeness (QED) is 0.593. The standard InChI is InChI=1S/C22H25BrClF2N5O2/c23-16-15(24)6-14-18(17(16)26)28-20(33-12-22-2-1-4-31(22)8-13(25)7-22)29-19(14)30-5-3-27-21(9-30)10-32-11-21/h6,13,27H,1-5,7-12H2/t13-,22+/m1/s1. The molecule has 1 spiro atoms. The number of ether oxygens (including phenoxy) is 2. The van der Waals surface area contributed by atoms with Crippen molar-refractivity contribution in [1.82, 2.24) is 20.2 Å². The number of piperazine rings is 1. The molecule has 1 aromatic carbocycles. The molecule has 33 heavy (non-hydrogen) atoms. The van der Waals surface area contributed by atoms with Gasteiger partial charge in [0.05, 0.1) is 33.8 Å². The molecule has 2 atom stereocenters. The highest BCUT2D eigenvalue weighted by molar-refractivity contribution is 9.10. The predicted octanol–water partition coefficient (Wildman–Crippen LogP) is 3.32. The minimum Gasteiger partial charge on any atom is -0.461 e. The maximum atomic E-state index is 15.2. The third-order valence-corrected chi connectivity index (χ3v) is 8.75. The van der Waals surface area contributed by atoms with E-state index in [4.69, 9.17) is 26.1 Å². The summed E-state index contributed by atoms with van der Waals surface area (Å²) in [6.07, 6.45) is 1.50. The summed E-state index contributed by atoms with van der Waals surface area (Å²) in [5.74, 6) is 0.0415. The van der Waals surface area contributed by atoms with Gasteiger partial charge in [-0.25, -0.2) is 8.78 Å². The number of hydrogen-bond acceptors (Lipinski definition) is 7. The zero-order valence-corrected chi connectivity index (χ0v) is 20.4. The van der Waals surface area contributed by atoms with E-state index < -0.39 is 12.0 Å². The Morgan fingerprint density at radius 2 is 2.18 bits per heavy atom. The summed E-state index contributed by atoms with van der Waals surface area (Å²) in [4.78, 5) is 13.4. The van der Waals surface area contributed by atoms with Crippen LogP contribution in [0.5, 0.6) is 6.01 Å². The van der Waals surface area contributed by atoms with Crippen LogP contribution in [0.2, 0.25) is 5.02 Å². The van der Waals surface area contributed by atoms with Crippen molar-refractivity contribution in [3.63, 3.8) is 0 Å². The Hall–Kier alpha value is -1.33. The zero-order valence-electron chi connectivity index (χ0n) is 18.1. The van der Waals surface area contributed by atoms with Crippen LogP contribution >= 0.6 is 27.5 Å². The molecule has 1 aromatic heterocycles. The molecule has 178 valence electrons. The van der Waals surface area contributed by atoms with Crippen LogP contribution in [0.4, 0.5) is 14.6 Å². The van der Waals surface area contributed by atoms with Crippen LogP contribution in [-0.4, -0.2) is 84.7 Å². The largest absolute Gasteiger partial charge is 0.461 e.